The molecule has 0 aliphatic heterocycles. The van der Waals surface area contributed by atoms with Gasteiger partial charge in [0.25, 0.3) is 5.56 Å². The molecule has 0 aliphatic carbocycles. The Morgan fingerprint density at radius 1 is 1.30 bits per heavy atom. The molecule has 0 fully saturated rings. The molecular weight excluding hydrogens is 390 g/mol. The lowest BCUT2D eigenvalue weighted by Gasteiger charge is -2.10. The van der Waals surface area contributed by atoms with Crippen molar-refractivity contribution in [3.05, 3.63) is 46.6 Å². The van der Waals surface area contributed by atoms with Crippen LogP contribution in [0.3, 0.4) is 0 Å². The fourth-order valence-electron chi connectivity index (χ4n) is 2.69. The lowest BCUT2D eigenvalue weighted by atomic mass is 10.1. The van der Waals surface area contributed by atoms with Gasteiger partial charge in [0.2, 0.25) is 11.9 Å². The van der Waals surface area contributed by atoms with Gasteiger partial charge in [-0.2, -0.15) is 9.78 Å². The molecule has 3 aromatic rings. The maximum Gasteiger partial charge on any atom is 0.306 e. The van der Waals surface area contributed by atoms with Crippen molar-refractivity contribution >= 4 is 17.7 Å². The van der Waals surface area contributed by atoms with Gasteiger partial charge in [0, 0.05) is 18.6 Å². The van der Waals surface area contributed by atoms with Crippen molar-refractivity contribution in [1.29, 1.82) is 0 Å². The molecule has 10 nitrogen and oxygen atoms in total. The zero-order valence-electron chi connectivity index (χ0n) is 17.0. The molecule has 3 heterocycles. The molecule has 0 atom stereocenters. The number of hydrogen-bond donors (Lipinski definition) is 2. The minimum atomic E-state index is -0.451. The summed E-state index contributed by atoms with van der Waals surface area (Å²) in [7, 11) is 0. The molecule has 2 N–H and O–H groups in total. The lowest BCUT2D eigenvalue weighted by Crippen LogP contribution is -2.20. The first-order valence-electron chi connectivity index (χ1n) is 9.58. The van der Waals surface area contributed by atoms with Crippen LogP contribution in [0.1, 0.15) is 45.2 Å². The SMILES string of the molecule is CCOC(=O)CCC(=O)Nc1cc(-c2ccco2)nn1-c1nc(C(C)C)cc(=O)[nH]1. The minimum absolute atomic E-state index is 0.0220. The Kier molecular flexibility index (Phi) is 6.45. The highest BCUT2D eigenvalue weighted by atomic mass is 16.5. The summed E-state index contributed by atoms with van der Waals surface area (Å²) in [5.74, 6) is 0.0848. The number of carbonyl (C=O) groups excluding carboxylic acids is 2. The van der Waals surface area contributed by atoms with E-state index in [1.165, 1.54) is 17.0 Å². The first-order chi connectivity index (χ1) is 14.4. The van der Waals surface area contributed by atoms with E-state index in [0.29, 0.717) is 17.1 Å². The Morgan fingerprint density at radius 3 is 2.77 bits per heavy atom. The first-order valence-corrected chi connectivity index (χ1v) is 9.58. The number of H-pyrrole nitrogens is 1. The number of aromatic nitrogens is 4. The fourth-order valence-corrected chi connectivity index (χ4v) is 2.69. The second kappa shape index (κ2) is 9.21. The molecule has 0 aromatic carbocycles. The largest absolute Gasteiger partial charge is 0.466 e. The molecule has 0 saturated heterocycles. The molecule has 158 valence electrons. The predicted molar refractivity (Wildman–Crippen MR) is 108 cm³/mol. The van der Waals surface area contributed by atoms with Crippen molar-refractivity contribution in [2.45, 2.75) is 39.5 Å². The van der Waals surface area contributed by atoms with Crippen LogP contribution < -0.4 is 10.9 Å². The molecule has 0 aliphatic rings. The molecule has 0 spiro atoms. The summed E-state index contributed by atoms with van der Waals surface area (Å²) in [6.45, 7) is 5.79. The van der Waals surface area contributed by atoms with Gasteiger partial charge in [-0.1, -0.05) is 13.8 Å². The number of amides is 1. The molecule has 0 unspecified atom stereocenters. The van der Waals surface area contributed by atoms with Gasteiger partial charge in [-0.3, -0.25) is 19.4 Å². The Labute approximate surface area is 172 Å². The number of carbonyl (C=O) groups is 2. The number of aromatic amines is 1. The third-order valence-electron chi connectivity index (χ3n) is 4.15. The predicted octanol–water partition coefficient (Wildman–Crippen LogP) is 2.62. The smallest absolute Gasteiger partial charge is 0.306 e. The molecule has 10 heteroatoms. The minimum Gasteiger partial charge on any atom is -0.466 e. The third-order valence-corrected chi connectivity index (χ3v) is 4.15. The first kappa shape index (κ1) is 21.0. The van der Waals surface area contributed by atoms with Gasteiger partial charge in [0.05, 0.1) is 25.0 Å². The van der Waals surface area contributed by atoms with E-state index in [4.69, 9.17) is 9.15 Å². The van der Waals surface area contributed by atoms with E-state index >= 15 is 0 Å². The van der Waals surface area contributed by atoms with Crippen molar-refractivity contribution in [2.75, 3.05) is 11.9 Å². The summed E-state index contributed by atoms with van der Waals surface area (Å²) in [5.41, 5.74) is 0.694. The van der Waals surface area contributed by atoms with E-state index in [1.807, 2.05) is 13.8 Å². The molecule has 30 heavy (non-hydrogen) atoms. The fraction of sp³-hybridized carbons (Fsp3) is 0.350. The summed E-state index contributed by atoms with van der Waals surface area (Å²) in [6, 6.07) is 6.46. The van der Waals surface area contributed by atoms with Crippen LogP contribution in [-0.4, -0.2) is 38.2 Å². The number of furan rings is 1. The topological polar surface area (TPSA) is 132 Å². The number of rotatable bonds is 8. The molecular formula is C20H23N5O5. The lowest BCUT2D eigenvalue weighted by molar-refractivity contribution is -0.144. The molecule has 0 bridgehead atoms. The highest BCUT2D eigenvalue weighted by molar-refractivity contribution is 5.92. The third kappa shape index (κ3) is 5.02. The number of anilines is 1. The normalized spacial score (nSPS) is 10.9. The highest BCUT2D eigenvalue weighted by Gasteiger charge is 2.18. The molecule has 3 aromatic heterocycles. The highest BCUT2D eigenvalue weighted by Crippen LogP contribution is 2.24. The quantitative estimate of drug-likeness (QED) is 0.543. The number of ether oxygens (including phenoxy) is 1. The number of nitrogens with one attached hydrogen (secondary N) is 2. The van der Waals surface area contributed by atoms with Gasteiger partial charge >= 0.3 is 5.97 Å². The zero-order valence-corrected chi connectivity index (χ0v) is 17.0. The Bertz CT molecular complexity index is 1080. The van der Waals surface area contributed by atoms with Gasteiger partial charge in [0.1, 0.15) is 11.5 Å². The Balaban J connectivity index is 1.93. The Morgan fingerprint density at radius 2 is 2.10 bits per heavy atom. The molecule has 0 radical (unpaired) electrons. The zero-order chi connectivity index (χ0) is 21.7. The summed E-state index contributed by atoms with van der Waals surface area (Å²) >= 11 is 0. The second-order valence-corrected chi connectivity index (χ2v) is 6.81. The molecule has 0 saturated carbocycles. The number of esters is 1. The van der Waals surface area contributed by atoms with Crippen LogP contribution in [0.2, 0.25) is 0 Å². The summed E-state index contributed by atoms with van der Waals surface area (Å²) in [5, 5.41) is 7.13. The van der Waals surface area contributed by atoms with E-state index in [1.54, 1.807) is 25.1 Å². The molecule has 3 rings (SSSR count). The van der Waals surface area contributed by atoms with E-state index in [-0.39, 0.29) is 42.7 Å². The van der Waals surface area contributed by atoms with Crippen LogP contribution in [0.15, 0.2) is 39.7 Å². The van der Waals surface area contributed by atoms with Crippen LogP contribution in [-0.2, 0) is 14.3 Å². The number of nitrogens with zero attached hydrogens (tertiary/aromatic N) is 3. The van der Waals surface area contributed by atoms with Crippen LogP contribution in [0, 0.1) is 0 Å². The standard InChI is InChI=1S/C20H23N5O5/c1-4-29-19(28)8-7-17(26)22-16-10-14(15-6-5-9-30-15)24-25(16)20-21-13(12(2)3)11-18(27)23-20/h5-6,9-12H,4,7-8H2,1-3H3,(H,22,26)(H,21,23,27). The Hall–Kier alpha value is -3.69. The average Bonchev–Trinajstić information content (AvgIpc) is 3.36. The van der Waals surface area contributed by atoms with Crippen molar-refractivity contribution in [2.24, 2.45) is 0 Å². The number of hydrogen-bond acceptors (Lipinski definition) is 7. The van der Waals surface area contributed by atoms with Crippen molar-refractivity contribution in [1.82, 2.24) is 19.7 Å². The van der Waals surface area contributed by atoms with Crippen molar-refractivity contribution in [3.63, 3.8) is 0 Å². The summed E-state index contributed by atoms with van der Waals surface area (Å²) < 4.78 is 11.5. The van der Waals surface area contributed by atoms with Gasteiger partial charge in [0.15, 0.2) is 5.76 Å². The molecule has 1 amide bonds. The maximum absolute atomic E-state index is 12.4. The van der Waals surface area contributed by atoms with Gasteiger partial charge < -0.3 is 14.5 Å². The van der Waals surface area contributed by atoms with Crippen molar-refractivity contribution in [3.8, 4) is 17.4 Å². The van der Waals surface area contributed by atoms with Gasteiger partial charge in [-0.15, -0.1) is 0 Å². The van der Waals surface area contributed by atoms with Crippen LogP contribution in [0.5, 0.6) is 0 Å². The van der Waals surface area contributed by atoms with E-state index in [0.717, 1.165) is 0 Å². The van der Waals surface area contributed by atoms with Crippen LogP contribution >= 0.6 is 0 Å². The second-order valence-electron chi connectivity index (χ2n) is 6.81. The van der Waals surface area contributed by atoms with Crippen LogP contribution in [0.25, 0.3) is 17.4 Å². The average molecular weight is 413 g/mol. The van der Waals surface area contributed by atoms with Crippen LogP contribution in [0.4, 0.5) is 5.82 Å². The van der Waals surface area contributed by atoms with Gasteiger partial charge in [-0.05, 0) is 25.0 Å². The van der Waals surface area contributed by atoms with E-state index in [2.05, 4.69) is 20.4 Å². The van der Waals surface area contributed by atoms with E-state index < -0.39 is 11.9 Å². The van der Waals surface area contributed by atoms with Crippen molar-refractivity contribution < 1.29 is 18.7 Å². The summed E-state index contributed by atoms with van der Waals surface area (Å²) in [4.78, 5) is 43.1. The maximum atomic E-state index is 12.4. The monoisotopic (exact) mass is 413 g/mol. The summed E-state index contributed by atoms with van der Waals surface area (Å²) in [6.07, 6.45) is 1.40. The van der Waals surface area contributed by atoms with Gasteiger partial charge in [-0.25, -0.2) is 4.98 Å². The van der Waals surface area contributed by atoms with E-state index in [9.17, 15) is 14.4 Å².